The average Bonchev–Trinajstić information content (AvgIpc) is 2.73. The highest BCUT2D eigenvalue weighted by molar-refractivity contribution is 5.99. The molecule has 1 aliphatic heterocycles. The molecule has 28 heavy (non-hydrogen) atoms. The predicted octanol–water partition coefficient (Wildman–Crippen LogP) is 3.34. The van der Waals surface area contributed by atoms with Gasteiger partial charge < -0.3 is 15.5 Å². The topological polar surface area (TPSA) is 74.3 Å². The minimum Gasteiger partial charge on any atom is -0.356 e. The summed E-state index contributed by atoms with van der Waals surface area (Å²) in [5.41, 5.74) is 0.654. The van der Waals surface area contributed by atoms with Crippen molar-refractivity contribution in [2.45, 2.75) is 26.2 Å². The molecule has 2 N–H and O–H groups in total. The molecule has 1 fully saturated rings. The Morgan fingerprint density at radius 2 is 1.93 bits per heavy atom. The van der Waals surface area contributed by atoms with Crippen molar-refractivity contribution >= 4 is 23.3 Å². The van der Waals surface area contributed by atoms with Crippen LogP contribution in [-0.2, 0) is 4.79 Å². The van der Waals surface area contributed by atoms with Crippen molar-refractivity contribution in [3.63, 3.8) is 0 Å². The van der Waals surface area contributed by atoms with Crippen molar-refractivity contribution in [1.82, 2.24) is 15.2 Å². The quantitative estimate of drug-likeness (QED) is 0.801. The molecule has 0 unspecified atom stereocenters. The Labute approximate surface area is 164 Å². The summed E-state index contributed by atoms with van der Waals surface area (Å²) >= 11 is 0. The van der Waals surface area contributed by atoms with Crippen LogP contribution in [0.15, 0.2) is 42.6 Å². The normalized spacial score (nSPS) is 14.6. The maximum absolute atomic E-state index is 13.9. The number of benzene rings is 1. The lowest BCUT2D eigenvalue weighted by Gasteiger charge is -2.31. The molecule has 148 valence electrons. The maximum atomic E-state index is 13.9. The summed E-state index contributed by atoms with van der Waals surface area (Å²) < 4.78 is 13.9. The molecule has 1 aliphatic rings. The number of anilines is 2. The largest absolute Gasteiger partial charge is 0.356 e. The van der Waals surface area contributed by atoms with Crippen LogP contribution in [0.25, 0.3) is 0 Å². The van der Waals surface area contributed by atoms with Gasteiger partial charge in [0.1, 0.15) is 11.6 Å². The third-order valence-electron chi connectivity index (χ3n) is 4.87. The van der Waals surface area contributed by atoms with E-state index >= 15 is 0 Å². The third-order valence-corrected chi connectivity index (χ3v) is 4.87. The number of aromatic nitrogens is 1. The summed E-state index contributed by atoms with van der Waals surface area (Å²) in [6.07, 6.45) is 3.74. The van der Waals surface area contributed by atoms with E-state index in [-0.39, 0.29) is 23.4 Å². The van der Waals surface area contributed by atoms with E-state index in [1.54, 1.807) is 41.4 Å². The smallest absolute Gasteiger partial charge is 0.257 e. The zero-order valence-corrected chi connectivity index (χ0v) is 16.0. The molecule has 6 nitrogen and oxygen atoms in total. The highest BCUT2D eigenvalue weighted by atomic mass is 19.1. The summed E-state index contributed by atoms with van der Waals surface area (Å²) in [5, 5.41) is 5.83. The van der Waals surface area contributed by atoms with E-state index in [1.165, 1.54) is 6.07 Å². The maximum Gasteiger partial charge on any atom is 0.257 e. The number of nitrogens with zero attached hydrogens (tertiary/aromatic N) is 2. The Bertz CT molecular complexity index is 835. The van der Waals surface area contributed by atoms with Gasteiger partial charge in [0.2, 0.25) is 5.91 Å². The number of piperidine rings is 1. The van der Waals surface area contributed by atoms with E-state index < -0.39 is 5.82 Å². The minimum atomic E-state index is -0.412. The van der Waals surface area contributed by atoms with Crippen molar-refractivity contribution in [3.8, 4) is 0 Å². The summed E-state index contributed by atoms with van der Waals surface area (Å²) in [4.78, 5) is 31.1. The molecular weight excluding hydrogens is 359 g/mol. The van der Waals surface area contributed by atoms with Gasteiger partial charge in [-0.3, -0.25) is 9.59 Å². The summed E-state index contributed by atoms with van der Waals surface area (Å²) in [6, 6.07) is 9.62. The molecule has 0 bridgehead atoms. The van der Waals surface area contributed by atoms with Gasteiger partial charge in [-0.05, 0) is 43.5 Å². The molecule has 2 heterocycles. The lowest BCUT2D eigenvalue weighted by Crippen LogP contribution is -2.43. The Balaban J connectivity index is 1.67. The number of carbonyl (C=O) groups excluding carboxylic acids is 2. The van der Waals surface area contributed by atoms with Crippen molar-refractivity contribution in [1.29, 1.82) is 0 Å². The van der Waals surface area contributed by atoms with Gasteiger partial charge in [-0.25, -0.2) is 9.37 Å². The number of pyridine rings is 1. The molecule has 0 aliphatic carbocycles. The van der Waals surface area contributed by atoms with E-state index in [0.29, 0.717) is 43.9 Å². The second kappa shape index (κ2) is 9.30. The average molecular weight is 384 g/mol. The van der Waals surface area contributed by atoms with Crippen LogP contribution in [0.1, 0.15) is 36.5 Å². The first-order valence-corrected chi connectivity index (χ1v) is 9.63. The Morgan fingerprint density at radius 1 is 1.18 bits per heavy atom. The van der Waals surface area contributed by atoms with Gasteiger partial charge in [0.05, 0.1) is 11.3 Å². The minimum absolute atomic E-state index is 0.0551. The summed E-state index contributed by atoms with van der Waals surface area (Å²) in [5.74, 6) is -0.247. The van der Waals surface area contributed by atoms with Crippen LogP contribution in [0.5, 0.6) is 0 Å². The number of nitrogens with one attached hydrogen (secondary N) is 2. The Morgan fingerprint density at radius 3 is 2.64 bits per heavy atom. The molecule has 1 aromatic carbocycles. The van der Waals surface area contributed by atoms with Gasteiger partial charge >= 0.3 is 0 Å². The molecule has 0 atom stereocenters. The first kappa shape index (κ1) is 19.8. The fourth-order valence-corrected chi connectivity index (χ4v) is 3.28. The van der Waals surface area contributed by atoms with E-state index in [4.69, 9.17) is 0 Å². The molecule has 1 saturated heterocycles. The molecule has 2 amide bonds. The first-order chi connectivity index (χ1) is 13.6. The molecular formula is C21H25FN4O2. The van der Waals surface area contributed by atoms with Crippen LogP contribution < -0.4 is 10.6 Å². The van der Waals surface area contributed by atoms with Crippen LogP contribution in [-0.4, -0.2) is 41.3 Å². The van der Waals surface area contributed by atoms with Crippen LogP contribution in [0.3, 0.4) is 0 Å². The van der Waals surface area contributed by atoms with Gasteiger partial charge in [-0.1, -0.05) is 19.1 Å². The molecule has 0 saturated carbocycles. The van der Waals surface area contributed by atoms with Gasteiger partial charge in [0.25, 0.3) is 5.91 Å². The highest BCUT2D eigenvalue weighted by Crippen LogP contribution is 2.24. The van der Waals surface area contributed by atoms with Crippen LogP contribution >= 0.6 is 0 Å². The Hall–Kier alpha value is -2.96. The van der Waals surface area contributed by atoms with Gasteiger partial charge in [0, 0.05) is 31.7 Å². The highest BCUT2D eigenvalue weighted by Gasteiger charge is 2.28. The number of likely N-dealkylation sites (tertiary alicyclic amines) is 1. The van der Waals surface area contributed by atoms with Gasteiger partial charge in [0.15, 0.2) is 0 Å². The van der Waals surface area contributed by atoms with Crippen LogP contribution in [0, 0.1) is 11.7 Å². The molecule has 1 aromatic heterocycles. The predicted molar refractivity (Wildman–Crippen MR) is 106 cm³/mol. The van der Waals surface area contributed by atoms with Crippen molar-refractivity contribution in [2.24, 2.45) is 5.92 Å². The molecule has 0 spiro atoms. The van der Waals surface area contributed by atoms with Crippen LogP contribution in [0.4, 0.5) is 15.9 Å². The number of rotatable bonds is 6. The number of halogens is 1. The molecule has 0 radical (unpaired) electrons. The standard InChI is InChI=1S/C21H25FN4O2/c1-2-11-24-20(27)15-9-13-26(14-10-15)21(28)16-6-5-12-23-19(16)25-18-8-4-3-7-17(18)22/h3-8,12,15H,2,9-11,13-14H2,1H3,(H,23,25)(H,24,27). The number of hydrogen-bond acceptors (Lipinski definition) is 4. The second-order valence-electron chi connectivity index (χ2n) is 6.86. The monoisotopic (exact) mass is 384 g/mol. The van der Waals surface area contributed by atoms with Crippen molar-refractivity contribution in [3.05, 3.63) is 54.0 Å². The van der Waals surface area contributed by atoms with E-state index in [2.05, 4.69) is 15.6 Å². The number of amides is 2. The Kier molecular flexibility index (Phi) is 6.57. The van der Waals surface area contributed by atoms with Crippen molar-refractivity contribution in [2.75, 3.05) is 25.0 Å². The number of hydrogen-bond donors (Lipinski definition) is 2. The van der Waals surface area contributed by atoms with E-state index in [0.717, 1.165) is 6.42 Å². The summed E-state index contributed by atoms with van der Waals surface area (Å²) in [6.45, 7) is 3.72. The molecule has 2 aromatic rings. The first-order valence-electron chi connectivity index (χ1n) is 9.63. The van der Waals surface area contributed by atoms with Crippen molar-refractivity contribution < 1.29 is 14.0 Å². The van der Waals surface area contributed by atoms with Gasteiger partial charge in [-0.2, -0.15) is 0 Å². The van der Waals surface area contributed by atoms with E-state index in [9.17, 15) is 14.0 Å². The third kappa shape index (κ3) is 4.65. The zero-order valence-electron chi connectivity index (χ0n) is 16.0. The lowest BCUT2D eigenvalue weighted by atomic mass is 9.95. The lowest BCUT2D eigenvalue weighted by molar-refractivity contribution is -0.126. The summed E-state index contributed by atoms with van der Waals surface area (Å²) in [7, 11) is 0. The van der Waals surface area contributed by atoms with Gasteiger partial charge in [-0.15, -0.1) is 0 Å². The molecule has 7 heteroatoms. The zero-order chi connectivity index (χ0) is 19.9. The fraction of sp³-hybridized carbons (Fsp3) is 0.381. The molecule has 3 rings (SSSR count). The fourth-order valence-electron chi connectivity index (χ4n) is 3.28. The SMILES string of the molecule is CCCNC(=O)C1CCN(C(=O)c2cccnc2Nc2ccccc2F)CC1. The number of carbonyl (C=O) groups is 2. The number of para-hydroxylation sites is 1. The second-order valence-corrected chi connectivity index (χ2v) is 6.86. The van der Waals surface area contributed by atoms with Crippen LogP contribution in [0.2, 0.25) is 0 Å². The van der Waals surface area contributed by atoms with E-state index in [1.807, 2.05) is 6.92 Å².